The lowest BCUT2D eigenvalue weighted by molar-refractivity contribution is 0.476. The molecule has 0 aliphatic heterocycles. The summed E-state index contributed by atoms with van der Waals surface area (Å²) in [5, 5.41) is 11.4. The SMILES string of the molecule is CCn1cc(CSC(C)C)c2cc(O)ccc21. The number of nitrogens with zero attached hydrogens (tertiary/aromatic N) is 1. The van der Waals surface area contributed by atoms with Crippen LogP contribution in [0, 0.1) is 0 Å². The lowest BCUT2D eigenvalue weighted by Crippen LogP contribution is -1.90. The molecule has 0 radical (unpaired) electrons. The molecule has 2 rings (SSSR count). The number of rotatable bonds is 4. The second-order valence-electron chi connectivity index (χ2n) is 4.50. The van der Waals surface area contributed by atoms with Gasteiger partial charge in [-0.3, -0.25) is 0 Å². The maximum atomic E-state index is 9.60. The zero-order valence-corrected chi connectivity index (χ0v) is 11.4. The van der Waals surface area contributed by atoms with E-state index in [9.17, 15) is 5.11 Å². The molecule has 0 atom stereocenters. The first kappa shape index (κ1) is 12.4. The first-order valence-electron chi connectivity index (χ1n) is 6.04. The van der Waals surface area contributed by atoms with E-state index in [1.54, 1.807) is 6.07 Å². The maximum Gasteiger partial charge on any atom is 0.116 e. The highest BCUT2D eigenvalue weighted by atomic mass is 32.2. The Kier molecular flexibility index (Phi) is 3.67. The molecular weight excluding hydrogens is 230 g/mol. The Morgan fingerprint density at radius 1 is 1.35 bits per heavy atom. The summed E-state index contributed by atoms with van der Waals surface area (Å²) in [4.78, 5) is 0. The van der Waals surface area contributed by atoms with Gasteiger partial charge in [-0.2, -0.15) is 11.8 Å². The summed E-state index contributed by atoms with van der Waals surface area (Å²) in [5.41, 5.74) is 2.53. The third-order valence-corrected chi connectivity index (χ3v) is 4.00. The van der Waals surface area contributed by atoms with Gasteiger partial charge in [-0.05, 0) is 35.9 Å². The van der Waals surface area contributed by atoms with E-state index in [0.717, 1.165) is 12.3 Å². The summed E-state index contributed by atoms with van der Waals surface area (Å²) in [6.45, 7) is 7.53. The van der Waals surface area contributed by atoms with Gasteiger partial charge in [0.25, 0.3) is 0 Å². The van der Waals surface area contributed by atoms with Gasteiger partial charge in [0.05, 0.1) is 0 Å². The standard InChI is InChI=1S/C14H19NOS/c1-4-15-8-11(9-17-10(2)3)13-7-12(16)5-6-14(13)15/h5-8,10,16H,4,9H2,1-3H3. The van der Waals surface area contributed by atoms with Crippen molar-refractivity contribution in [2.45, 2.75) is 38.3 Å². The Morgan fingerprint density at radius 3 is 2.76 bits per heavy atom. The van der Waals surface area contributed by atoms with Gasteiger partial charge in [-0.25, -0.2) is 0 Å². The zero-order valence-electron chi connectivity index (χ0n) is 10.6. The minimum atomic E-state index is 0.349. The molecule has 0 aliphatic rings. The number of aromatic hydroxyl groups is 1. The van der Waals surface area contributed by atoms with Gasteiger partial charge in [-0.1, -0.05) is 13.8 Å². The molecule has 0 spiro atoms. The smallest absolute Gasteiger partial charge is 0.116 e. The Labute approximate surface area is 107 Å². The number of thioether (sulfide) groups is 1. The predicted octanol–water partition coefficient (Wildman–Crippen LogP) is 4.01. The predicted molar refractivity (Wildman–Crippen MR) is 75.7 cm³/mol. The Bertz CT molecular complexity index is 516. The molecule has 2 nitrogen and oxygen atoms in total. The maximum absolute atomic E-state index is 9.60. The summed E-state index contributed by atoms with van der Waals surface area (Å²) in [6.07, 6.45) is 2.21. The third-order valence-electron chi connectivity index (χ3n) is 2.86. The average Bonchev–Trinajstić information content (AvgIpc) is 2.63. The molecule has 0 saturated carbocycles. The number of hydrogen-bond donors (Lipinski definition) is 1. The molecule has 2 aromatic rings. The normalized spacial score (nSPS) is 11.5. The summed E-state index contributed by atoms with van der Waals surface area (Å²) >= 11 is 1.93. The molecule has 0 saturated heterocycles. The molecule has 1 N–H and O–H groups in total. The van der Waals surface area contributed by atoms with Crippen molar-refractivity contribution in [3.8, 4) is 5.75 Å². The Balaban J connectivity index is 2.43. The van der Waals surface area contributed by atoms with Gasteiger partial charge in [0.2, 0.25) is 0 Å². The van der Waals surface area contributed by atoms with Gasteiger partial charge < -0.3 is 9.67 Å². The molecule has 1 heterocycles. The monoisotopic (exact) mass is 249 g/mol. The highest BCUT2D eigenvalue weighted by Crippen LogP contribution is 2.29. The second-order valence-corrected chi connectivity index (χ2v) is 6.07. The largest absolute Gasteiger partial charge is 0.508 e. The van der Waals surface area contributed by atoms with E-state index in [2.05, 4.69) is 31.5 Å². The first-order chi connectivity index (χ1) is 8.11. The number of fused-ring (bicyclic) bond motifs is 1. The topological polar surface area (TPSA) is 25.2 Å². The van der Waals surface area contributed by atoms with Crippen molar-refractivity contribution in [3.63, 3.8) is 0 Å². The second kappa shape index (κ2) is 5.05. The van der Waals surface area contributed by atoms with Gasteiger partial charge in [0.1, 0.15) is 5.75 Å². The average molecular weight is 249 g/mol. The van der Waals surface area contributed by atoms with Crippen molar-refractivity contribution < 1.29 is 5.11 Å². The lowest BCUT2D eigenvalue weighted by atomic mass is 10.2. The molecule has 17 heavy (non-hydrogen) atoms. The van der Waals surface area contributed by atoms with Crippen LogP contribution in [-0.2, 0) is 12.3 Å². The van der Waals surface area contributed by atoms with Crippen molar-refractivity contribution in [3.05, 3.63) is 30.0 Å². The first-order valence-corrected chi connectivity index (χ1v) is 7.09. The van der Waals surface area contributed by atoms with Crippen molar-refractivity contribution in [2.75, 3.05) is 0 Å². The fraction of sp³-hybridized carbons (Fsp3) is 0.429. The molecule has 0 aliphatic carbocycles. The van der Waals surface area contributed by atoms with E-state index in [0.29, 0.717) is 11.0 Å². The van der Waals surface area contributed by atoms with Crippen molar-refractivity contribution in [1.29, 1.82) is 0 Å². The van der Waals surface area contributed by atoms with Crippen molar-refractivity contribution in [1.82, 2.24) is 4.57 Å². The molecule has 3 heteroatoms. The molecule has 0 unspecified atom stereocenters. The van der Waals surface area contributed by atoms with Crippen LogP contribution in [0.25, 0.3) is 10.9 Å². The van der Waals surface area contributed by atoms with Crippen LogP contribution in [0.3, 0.4) is 0 Å². The summed E-state index contributed by atoms with van der Waals surface area (Å²) < 4.78 is 2.24. The van der Waals surface area contributed by atoms with Gasteiger partial charge in [-0.15, -0.1) is 0 Å². The lowest BCUT2D eigenvalue weighted by Gasteiger charge is -2.03. The summed E-state index contributed by atoms with van der Waals surface area (Å²) in [7, 11) is 0. The van der Waals surface area contributed by atoms with Gasteiger partial charge in [0, 0.05) is 29.4 Å². The van der Waals surface area contributed by atoms with E-state index < -0.39 is 0 Å². The fourth-order valence-corrected chi connectivity index (χ4v) is 2.73. The Hall–Kier alpha value is -1.09. The zero-order chi connectivity index (χ0) is 12.4. The van der Waals surface area contributed by atoms with Crippen LogP contribution >= 0.6 is 11.8 Å². The van der Waals surface area contributed by atoms with Gasteiger partial charge in [0.15, 0.2) is 0 Å². The molecule has 1 aromatic carbocycles. The number of aromatic nitrogens is 1. The van der Waals surface area contributed by atoms with E-state index in [1.165, 1.54) is 16.5 Å². The van der Waals surface area contributed by atoms with E-state index in [-0.39, 0.29) is 0 Å². The molecule has 1 aromatic heterocycles. The number of hydrogen-bond acceptors (Lipinski definition) is 2. The van der Waals surface area contributed by atoms with E-state index >= 15 is 0 Å². The fourth-order valence-electron chi connectivity index (χ4n) is 1.99. The minimum absolute atomic E-state index is 0.349. The molecule has 0 bridgehead atoms. The van der Waals surface area contributed by atoms with Crippen LogP contribution in [0.2, 0.25) is 0 Å². The highest BCUT2D eigenvalue weighted by Gasteiger charge is 2.09. The third kappa shape index (κ3) is 2.60. The van der Waals surface area contributed by atoms with Crippen LogP contribution in [0.15, 0.2) is 24.4 Å². The molecular formula is C14H19NOS. The van der Waals surface area contributed by atoms with Crippen molar-refractivity contribution >= 4 is 22.7 Å². The molecule has 92 valence electrons. The number of phenols is 1. The van der Waals surface area contributed by atoms with E-state index in [1.807, 2.05) is 23.9 Å². The molecule has 0 amide bonds. The summed E-state index contributed by atoms with van der Waals surface area (Å²) in [6, 6.07) is 5.63. The minimum Gasteiger partial charge on any atom is -0.508 e. The van der Waals surface area contributed by atoms with Crippen LogP contribution < -0.4 is 0 Å². The van der Waals surface area contributed by atoms with Crippen LogP contribution in [0.1, 0.15) is 26.3 Å². The van der Waals surface area contributed by atoms with Crippen LogP contribution in [-0.4, -0.2) is 14.9 Å². The van der Waals surface area contributed by atoms with Crippen molar-refractivity contribution in [2.24, 2.45) is 0 Å². The van der Waals surface area contributed by atoms with E-state index in [4.69, 9.17) is 0 Å². The van der Waals surface area contributed by atoms with Crippen LogP contribution in [0.4, 0.5) is 0 Å². The van der Waals surface area contributed by atoms with Crippen LogP contribution in [0.5, 0.6) is 5.75 Å². The quantitative estimate of drug-likeness (QED) is 0.885. The summed E-state index contributed by atoms with van der Waals surface area (Å²) in [5.74, 6) is 1.35. The number of benzene rings is 1. The number of aryl methyl sites for hydroxylation is 1. The molecule has 0 fully saturated rings. The Morgan fingerprint density at radius 2 is 2.12 bits per heavy atom. The number of phenolic OH excluding ortho intramolecular Hbond substituents is 1. The highest BCUT2D eigenvalue weighted by molar-refractivity contribution is 7.99. The van der Waals surface area contributed by atoms with Gasteiger partial charge >= 0.3 is 0 Å².